The molecule has 0 saturated heterocycles. The summed E-state index contributed by atoms with van der Waals surface area (Å²) in [5.74, 6) is -2.43. The van der Waals surface area contributed by atoms with Crippen molar-refractivity contribution in [2.75, 3.05) is 0 Å². The van der Waals surface area contributed by atoms with Gasteiger partial charge in [-0.05, 0) is 29.3 Å². The first-order chi connectivity index (χ1) is 9.68. The number of fused-ring (bicyclic) bond motifs is 1. The Bertz CT molecular complexity index is 669. The Morgan fingerprint density at radius 1 is 1.15 bits per heavy atom. The van der Waals surface area contributed by atoms with Gasteiger partial charge in [-0.1, -0.05) is 18.2 Å². The molecule has 1 N–H and O–H groups in total. The van der Waals surface area contributed by atoms with E-state index in [9.17, 15) is 14.7 Å². The second-order valence-corrected chi connectivity index (χ2v) is 4.51. The molecule has 100 valence electrons. The maximum Gasteiger partial charge on any atom is 0.339 e. The highest BCUT2D eigenvalue weighted by Gasteiger charge is 2.40. The lowest BCUT2D eigenvalue weighted by Crippen LogP contribution is -2.31. The summed E-state index contributed by atoms with van der Waals surface area (Å²) in [6.07, 6.45) is 2.25. The van der Waals surface area contributed by atoms with E-state index < -0.39 is 24.0 Å². The molecule has 0 unspecified atom stereocenters. The molecule has 0 amide bonds. The van der Waals surface area contributed by atoms with E-state index in [1.165, 1.54) is 0 Å². The Morgan fingerprint density at radius 3 is 2.55 bits per heavy atom. The number of aliphatic carboxylic acids is 1. The van der Waals surface area contributed by atoms with Crippen LogP contribution in [0.4, 0.5) is 0 Å². The lowest BCUT2D eigenvalue weighted by molar-refractivity contribution is -0.142. The summed E-state index contributed by atoms with van der Waals surface area (Å²) < 4.78 is 5.33. The molecule has 1 aromatic carbocycles. The molecule has 2 atom stereocenters. The molecule has 5 nitrogen and oxygen atoms in total. The van der Waals surface area contributed by atoms with Crippen LogP contribution in [0.3, 0.4) is 0 Å². The number of nitrogens with zero attached hydrogens (tertiary/aromatic N) is 1. The molecule has 0 spiro atoms. The molecule has 0 fully saturated rings. The van der Waals surface area contributed by atoms with Crippen LogP contribution < -0.4 is 0 Å². The fraction of sp³-hybridized carbons (Fsp3) is 0.133. The Morgan fingerprint density at radius 2 is 1.85 bits per heavy atom. The van der Waals surface area contributed by atoms with Gasteiger partial charge < -0.3 is 9.84 Å². The normalized spacial score (nSPS) is 20.9. The van der Waals surface area contributed by atoms with E-state index in [4.69, 9.17) is 4.74 Å². The zero-order chi connectivity index (χ0) is 14.1. The largest absolute Gasteiger partial charge is 0.481 e. The van der Waals surface area contributed by atoms with Crippen LogP contribution in [0.15, 0.2) is 48.8 Å². The predicted molar refractivity (Wildman–Crippen MR) is 69.2 cm³/mol. The second kappa shape index (κ2) is 4.77. The van der Waals surface area contributed by atoms with Gasteiger partial charge in [0.25, 0.3) is 0 Å². The third-order valence-electron chi connectivity index (χ3n) is 3.35. The number of carbonyl (C=O) groups excluding carboxylic acids is 1. The summed E-state index contributed by atoms with van der Waals surface area (Å²) >= 11 is 0. The number of benzene rings is 1. The maximum absolute atomic E-state index is 12.0. The smallest absolute Gasteiger partial charge is 0.339 e. The molecule has 3 rings (SSSR count). The first-order valence-electron chi connectivity index (χ1n) is 6.11. The lowest BCUT2D eigenvalue weighted by Gasteiger charge is -2.30. The minimum absolute atomic E-state index is 0.310. The van der Waals surface area contributed by atoms with Crippen LogP contribution in [0.2, 0.25) is 0 Å². The van der Waals surface area contributed by atoms with Crippen molar-refractivity contribution in [1.29, 1.82) is 0 Å². The van der Waals surface area contributed by atoms with Crippen molar-refractivity contribution in [3.63, 3.8) is 0 Å². The third-order valence-corrected chi connectivity index (χ3v) is 3.35. The quantitative estimate of drug-likeness (QED) is 0.845. The highest BCUT2D eigenvalue weighted by atomic mass is 16.5. The number of pyridine rings is 1. The highest BCUT2D eigenvalue weighted by molar-refractivity contribution is 5.96. The topological polar surface area (TPSA) is 76.5 Å². The van der Waals surface area contributed by atoms with E-state index in [-0.39, 0.29) is 0 Å². The molecule has 20 heavy (non-hydrogen) atoms. The Kier molecular flexibility index (Phi) is 2.95. The van der Waals surface area contributed by atoms with Gasteiger partial charge in [-0.3, -0.25) is 9.78 Å². The van der Waals surface area contributed by atoms with Crippen molar-refractivity contribution in [1.82, 2.24) is 4.98 Å². The minimum Gasteiger partial charge on any atom is -0.481 e. The van der Waals surface area contributed by atoms with Crippen molar-refractivity contribution < 1.29 is 19.4 Å². The first-order valence-corrected chi connectivity index (χ1v) is 6.11. The second-order valence-electron chi connectivity index (χ2n) is 4.51. The molecule has 0 bridgehead atoms. The number of carboxylic acid groups (broad SMARTS) is 1. The molecule has 1 aromatic heterocycles. The fourth-order valence-corrected chi connectivity index (χ4v) is 2.44. The Labute approximate surface area is 114 Å². The van der Waals surface area contributed by atoms with Gasteiger partial charge in [0, 0.05) is 12.4 Å². The summed E-state index contributed by atoms with van der Waals surface area (Å²) in [6, 6.07) is 9.95. The summed E-state index contributed by atoms with van der Waals surface area (Å²) in [5, 5.41) is 9.50. The van der Waals surface area contributed by atoms with Crippen LogP contribution in [-0.4, -0.2) is 22.0 Å². The molecular formula is C15H11NO4. The van der Waals surface area contributed by atoms with Gasteiger partial charge in [-0.15, -0.1) is 0 Å². The van der Waals surface area contributed by atoms with Gasteiger partial charge in [0.2, 0.25) is 0 Å². The highest BCUT2D eigenvalue weighted by Crippen LogP contribution is 2.40. The van der Waals surface area contributed by atoms with Gasteiger partial charge in [0.05, 0.1) is 5.56 Å². The van der Waals surface area contributed by atoms with Crippen molar-refractivity contribution in [2.45, 2.75) is 12.0 Å². The monoisotopic (exact) mass is 269 g/mol. The lowest BCUT2D eigenvalue weighted by atomic mass is 9.84. The van der Waals surface area contributed by atoms with Gasteiger partial charge in [0.15, 0.2) is 0 Å². The number of hydrogen-bond donors (Lipinski definition) is 1. The number of cyclic esters (lactones) is 1. The number of carbonyl (C=O) groups is 2. The predicted octanol–water partition coefficient (Wildman–Crippen LogP) is 2.16. The van der Waals surface area contributed by atoms with Crippen LogP contribution >= 0.6 is 0 Å². The summed E-state index contributed by atoms with van der Waals surface area (Å²) in [6.45, 7) is 0. The zero-order valence-corrected chi connectivity index (χ0v) is 10.4. The van der Waals surface area contributed by atoms with Crippen LogP contribution in [0.5, 0.6) is 0 Å². The Hall–Kier alpha value is -2.69. The van der Waals surface area contributed by atoms with E-state index >= 15 is 0 Å². The molecule has 2 aromatic rings. The van der Waals surface area contributed by atoms with Crippen molar-refractivity contribution >= 4 is 11.9 Å². The van der Waals surface area contributed by atoms with Crippen LogP contribution in [0, 0.1) is 0 Å². The van der Waals surface area contributed by atoms with Gasteiger partial charge in [0.1, 0.15) is 12.0 Å². The van der Waals surface area contributed by atoms with E-state index in [1.54, 1.807) is 48.8 Å². The third kappa shape index (κ3) is 1.93. The van der Waals surface area contributed by atoms with Crippen molar-refractivity contribution in [2.24, 2.45) is 0 Å². The molecule has 0 saturated carbocycles. The SMILES string of the molecule is O=C1O[C@H](c2ccncc2)[C@@H](C(=O)O)c2ccccc21. The van der Waals surface area contributed by atoms with Crippen LogP contribution in [0.25, 0.3) is 0 Å². The molecule has 0 aliphatic carbocycles. The van der Waals surface area contributed by atoms with E-state index in [2.05, 4.69) is 4.98 Å². The van der Waals surface area contributed by atoms with Crippen molar-refractivity contribution in [3.8, 4) is 0 Å². The number of ether oxygens (including phenoxy) is 1. The molecule has 1 aliphatic heterocycles. The summed E-state index contributed by atoms with van der Waals surface area (Å²) in [7, 11) is 0. The van der Waals surface area contributed by atoms with Gasteiger partial charge >= 0.3 is 11.9 Å². The van der Waals surface area contributed by atoms with Crippen LogP contribution in [0.1, 0.15) is 33.5 Å². The van der Waals surface area contributed by atoms with Crippen LogP contribution in [-0.2, 0) is 9.53 Å². The molecule has 5 heteroatoms. The average Bonchev–Trinajstić information content (AvgIpc) is 2.47. The maximum atomic E-state index is 12.0. The number of hydrogen-bond acceptors (Lipinski definition) is 4. The fourth-order valence-electron chi connectivity index (χ4n) is 2.44. The number of carboxylic acids is 1. The number of aromatic nitrogens is 1. The van der Waals surface area contributed by atoms with E-state index in [0.29, 0.717) is 16.7 Å². The molecule has 0 radical (unpaired) electrons. The summed E-state index contributed by atoms with van der Waals surface area (Å²) in [4.78, 5) is 27.5. The van der Waals surface area contributed by atoms with Crippen molar-refractivity contribution in [3.05, 3.63) is 65.5 Å². The average molecular weight is 269 g/mol. The van der Waals surface area contributed by atoms with E-state index in [0.717, 1.165) is 0 Å². The molecule has 1 aliphatic rings. The molecule has 2 heterocycles. The van der Waals surface area contributed by atoms with E-state index in [1.807, 2.05) is 0 Å². The van der Waals surface area contributed by atoms with Gasteiger partial charge in [-0.2, -0.15) is 0 Å². The Balaban J connectivity index is 2.14. The minimum atomic E-state index is -1.02. The summed E-state index contributed by atoms with van der Waals surface area (Å²) in [5.41, 5.74) is 1.42. The molecular weight excluding hydrogens is 258 g/mol. The standard InChI is InChI=1S/C15H11NO4/c17-14(18)12-10-3-1-2-4-11(10)15(19)20-13(12)9-5-7-16-8-6-9/h1-8,12-13H,(H,17,18)/t12-,13+/m0/s1. The zero-order valence-electron chi connectivity index (χ0n) is 10.4. The number of rotatable bonds is 2. The first kappa shape index (κ1) is 12.3. The van der Waals surface area contributed by atoms with Gasteiger partial charge in [-0.25, -0.2) is 4.79 Å². The number of esters is 1.